The van der Waals surface area contributed by atoms with Gasteiger partial charge in [-0.1, -0.05) is 17.2 Å². The molecule has 1 saturated heterocycles. The molecule has 0 aliphatic carbocycles. The van der Waals surface area contributed by atoms with Crippen LogP contribution in [0.2, 0.25) is 0 Å². The number of halogens is 1. The van der Waals surface area contributed by atoms with Crippen molar-refractivity contribution in [1.82, 2.24) is 10.2 Å². The zero-order chi connectivity index (χ0) is 14.7. The third kappa shape index (κ3) is 3.43. The molecule has 21 heavy (non-hydrogen) atoms. The molecule has 2 heterocycles. The molecule has 1 amide bonds. The monoisotopic (exact) mass is 291 g/mol. The molecule has 0 spiro atoms. The second-order valence-corrected chi connectivity index (χ2v) is 4.80. The molecule has 110 valence electrons. The van der Waals surface area contributed by atoms with Crippen molar-refractivity contribution in [3.05, 3.63) is 41.5 Å². The van der Waals surface area contributed by atoms with Crippen LogP contribution in [0.4, 0.5) is 10.4 Å². The van der Waals surface area contributed by atoms with Gasteiger partial charge in [0.2, 0.25) is 5.89 Å². The molecule has 2 aromatic rings. The number of rotatable bonds is 4. The summed E-state index contributed by atoms with van der Waals surface area (Å²) in [5.74, 6) is -0.220. The minimum atomic E-state index is -0.447. The summed E-state index contributed by atoms with van der Waals surface area (Å²) in [6.45, 7) is 0.595. The van der Waals surface area contributed by atoms with Gasteiger partial charge < -0.3 is 9.15 Å². The first kappa shape index (κ1) is 13.7. The number of nitrogens with zero attached hydrogens (tertiary/aromatic N) is 2. The van der Waals surface area contributed by atoms with Crippen LogP contribution in [-0.2, 0) is 16.0 Å². The summed E-state index contributed by atoms with van der Waals surface area (Å²) >= 11 is 0. The first-order valence-corrected chi connectivity index (χ1v) is 6.70. The largest absolute Gasteiger partial charge is 0.407 e. The third-order valence-electron chi connectivity index (χ3n) is 3.19. The van der Waals surface area contributed by atoms with Gasteiger partial charge in [0.15, 0.2) is 0 Å². The molecule has 0 radical (unpaired) electrons. The van der Waals surface area contributed by atoms with E-state index in [1.54, 1.807) is 12.1 Å². The Morgan fingerprint density at radius 1 is 1.33 bits per heavy atom. The lowest BCUT2D eigenvalue weighted by Crippen LogP contribution is -2.26. The second kappa shape index (κ2) is 6.01. The molecule has 0 bridgehead atoms. The number of carbonyl (C=O) groups excluding carboxylic acids is 1. The predicted molar refractivity (Wildman–Crippen MR) is 71.1 cm³/mol. The number of benzene rings is 1. The van der Waals surface area contributed by atoms with Crippen LogP contribution in [0.25, 0.3) is 0 Å². The van der Waals surface area contributed by atoms with Crippen LogP contribution < -0.4 is 5.32 Å². The molecule has 7 heteroatoms. The number of carbonyl (C=O) groups is 1. The highest BCUT2D eigenvalue weighted by atomic mass is 19.1. The van der Waals surface area contributed by atoms with E-state index in [1.165, 1.54) is 12.1 Å². The third-order valence-corrected chi connectivity index (χ3v) is 3.19. The van der Waals surface area contributed by atoms with Crippen LogP contribution in [0.5, 0.6) is 0 Å². The van der Waals surface area contributed by atoms with Gasteiger partial charge in [-0.05, 0) is 30.5 Å². The van der Waals surface area contributed by atoms with Gasteiger partial charge >= 0.3 is 6.01 Å². The molecule has 1 aliphatic heterocycles. The minimum Gasteiger partial charge on any atom is -0.407 e. The van der Waals surface area contributed by atoms with Gasteiger partial charge in [0.05, 0.1) is 6.42 Å². The van der Waals surface area contributed by atoms with E-state index < -0.39 is 6.10 Å². The van der Waals surface area contributed by atoms with Crippen molar-refractivity contribution in [2.45, 2.75) is 25.4 Å². The zero-order valence-corrected chi connectivity index (χ0v) is 11.2. The molecule has 1 unspecified atom stereocenters. The molecule has 1 aromatic heterocycles. The fraction of sp³-hybridized carbons (Fsp3) is 0.357. The summed E-state index contributed by atoms with van der Waals surface area (Å²) in [5, 5.41) is 10.1. The number of hydrogen-bond acceptors (Lipinski definition) is 5. The van der Waals surface area contributed by atoms with E-state index in [4.69, 9.17) is 9.15 Å². The minimum absolute atomic E-state index is 0.0487. The lowest BCUT2D eigenvalue weighted by molar-refractivity contribution is -0.124. The molecule has 1 aliphatic rings. The SMILES string of the molecule is O=C(Nc1nnc(Cc2ccc(F)cc2)o1)C1CCCO1. The zero-order valence-electron chi connectivity index (χ0n) is 11.2. The van der Waals surface area contributed by atoms with Gasteiger partial charge in [-0.15, -0.1) is 5.10 Å². The Bertz CT molecular complexity index is 621. The van der Waals surface area contributed by atoms with Crippen molar-refractivity contribution in [3.8, 4) is 0 Å². The van der Waals surface area contributed by atoms with Crippen molar-refractivity contribution in [1.29, 1.82) is 0 Å². The van der Waals surface area contributed by atoms with Gasteiger partial charge in [-0.3, -0.25) is 10.1 Å². The van der Waals surface area contributed by atoms with E-state index in [1.807, 2.05) is 0 Å². The number of aromatic nitrogens is 2. The predicted octanol–water partition coefficient (Wildman–Crippen LogP) is 1.92. The highest BCUT2D eigenvalue weighted by Gasteiger charge is 2.24. The van der Waals surface area contributed by atoms with Crippen LogP contribution in [0.15, 0.2) is 28.7 Å². The normalized spacial score (nSPS) is 17.9. The van der Waals surface area contributed by atoms with E-state index >= 15 is 0 Å². The van der Waals surface area contributed by atoms with E-state index in [0.717, 1.165) is 12.0 Å². The molecule has 6 nitrogen and oxygen atoms in total. The van der Waals surface area contributed by atoms with Crippen LogP contribution in [-0.4, -0.2) is 28.8 Å². The highest BCUT2D eigenvalue weighted by molar-refractivity contribution is 5.92. The maximum Gasteiger partial charge on any atom is 0.322 e. The number of hydrogen-bond donors (Lipinski definition) is 1. The molecule has 1 N–H and O–H groups in total. The Morgan fingerprint density at radius 3 is 2.86 bits per heavy atom. The first-order valence-electron chi connectivity index (χ1n) is 6.70. The van der Waals surface area contributed by atoms with Crippen molar-refractivity contribution >= 4 is 11.9 Å². The summed E-state index contributed by atoms with van der Waals surface area (Å²) in [7, 11) is 0. The van der Waals surface area contributed by atoms with Gasteiger partial charge in [0.1, 0.15) is 11.9 Å². The number of amides is 1. The van der Waals surface area contributed by atoms with Crippen molar-refractivity contribution in [2.75, 3.05) is 11.9 Å². The summed E-state index contributed by atoms with van der Waals surface area (Å²) in [6, 6.07) is 6.07. The van der Waals surface area contributed by atoms with Crippen molar-refractivity contribution in [2.24, 2.45) is 0 Å². The Labute approximate surface area is 120 Å². The van der Waals surface area contributed by atoms with Gasteiger partial charge in [0.25, 0.3) is 5.91 Å². The Kier molecular flexibility index (Phi) is 3.92. The Morgan fingerprint density at radius 2 is 2.14 bits per heavy atom. The van der Waals surface area contributed by atoms with E-state index in [9.17, 15) is 9.18 Å². The number of ether oxygens (including phenoxy) is 1. The fourth-order valence-electron chi connectivity index (χ4n) is 2.12. The highest BCUT2D eigenvalue weighted by Crippen LogP contribution is 2.16. The van der Waals surface area contributed by atoms with Crippen molar-refractivity contribution < 1.29 is 18.3 Å². The molecule has 3 rings (SSSR count). The van der Waals surface area contributed by atoms with E-state index in [-0.39, 0.29) is 17.7 Å². The maximum absolute atomic E-state index is 12.8. The average molecular weight is 291 g/mol. The molecule has 1 atom stereocenters. The number of anilines is 1. The first-order chi connectivity index (χ1) is 10.2. The molecular formula is C14H14FN3O3. The van der Waals surface area contributed by atoms with Gasteiger partial charge in [0, 0.05) is 6.61 Å². The lowest BCUT2D eigenvalue weighted by atomic mass is 10.1. The molecule has 0 saturated carbocycles. The van der Waals surface area contributed by atoms with E-state index in [0.29, 0.717) is 25.3 Å². The van der Waals surface area contributed by atoms with Crippen LogP contribution in [0.1, 0.15) is 24.3 Å². The van der Waals surface area contributed by atoms with Crippen LogP contribution in [0, 0.1) is 5.82 Å². The average Bonchev–Trinajstić information content (AvgIpc) is 3.13. The van der Waals surface area contributed by atoms with Crippen LogP contribution in [0.3, 0.4) is 0 Å². The topological polar surface area (TPSA) is 77.3 Å². The quantitative estimate of drug-likeness (QED) is 0.931. The maximum atomic E-state index is 12.8. The Hall–Kier alpha value is -2.28. The van der Waals surface area contributed by atoms with Crippen molar-refractivity contribution in [3.63, 3.8) is 0 Å². The van der Waals surface area contributed by atoms with E-state index in [2.05, 4.69) is 15.5 Å². The standard InChI is InChI=1S/C14H14FN3O3/c15-10-5-3-9(4-6-10)8-12-17-18-14(21-12)16-13(19)11-2-1-7-20-11/h3-6,11H,1-2,7-8H2,(H,16,18,19). The Balaban J connectivity index is 1.60. The fourth-order valence-corrected chi connectivity index (χ4v) is 2.12. The summed E-state index contributed by atoms with van der Waals surface area (Å²) < 4.78 is 23.4. The smallest absolute Gasteiger partial charge is 0.322 e. The summed E-state index contributed by atoms with van der Waals surface area (Å²) in [6.07, 6.45) is 1.50. The lowest BCUT2D eigenvalue weighted by Gasteiger charge is -2.06. The molecular weight excluding hydrogens is 277 g/mol. The summed E-state index contributed by atoms with van der Waals surface area (Å²) in [4.78, 5) is 11.8. The number of nitrogens with one attached hydrogen (secondary N) is 1. The molecule has 1 fully saturated rings. The van der Waals surface area contributed by atoms with Crippen LogP contribution >= 0.6 is 0 Å². The second-order valence-electron chi connectivity index (χ2n) is 4.80. The van der Waals surface area contributed by atoms with Gasteiger partial charge in [-0.2, -0.15) is 0 Å². The molecule has 1 aromatic carbocycles. The van der Waals surface area contributed by atoms with Gasteiger partial charge in [-0.25, -0.2) is 4.39 Å². The summed E-state index contributed by atoms with van der Waals surface area (Å²) in [5.41, 5.74) is 0.844.